The van der Waals surface area contributed by atoms with Gasteiger partial charge in [0.25, 0.3) is 0 Å². The van der Waals surface area contributed by atoms with E-state index in [2.05, 4.69) is 9.97 Å². The quantitative estimate of drug-likeness (QED) is 0.464. The smallest absolute Gasteiger partial charge is 0.127 e. The summed E-state index contributed by atoms with van der Waals surface area (Å²) in [7, 11) is 0. The Morgan fingerprint density at radius 2 is 1.85 bits per heavy atom. The van der Waals surface area contributed by atoms with Crippen molar-refractivity contribution in [3.63, 3.8) is 0 Å². The van der Waals surface area contributed by atoms with E-state index in [1.807, 2.05) is 62.4 Å². The molecule has 0 unspecified atom stereocenters. The highest BCUT2D eigenvalue weighted by Crippen LogP contribution is 2.26. The number of rotatable bonds is 7. The first-order valence-corrected chi connectivity index (χ1v) is 9.80. The molecule has 0 saturated heterocycles. The molecule has 0 radical (unpaired) electrons. The molecule has 26 heavy (non-hydrogen) atoms. The first-order chi connectivity index (χ1) is 12.5. The number of aryl methyl sites for hydroxylation is 1. The number of hydrogen-bond acceptors (Lipinski definition) is 5. The number of ether oxygens (including phenoxy) is 1. The summed E-state index contributed by atoms with van der Waals surface area (Å²) in [6.45, 7) is 4.10. The Bertz CT molecular complexity index is 873. The van der Waals surface area contributed by atoms with Crippen LogP contribution in [0.15, 0.2) is 53.6 Å². The third kappa shape index (κ3) is 4.95. The number of aliphatic hydroxyl groups excluding tert-OH is 1. The molecule has 0 saturated carbocycles. The number of halogens is 1. The number of aliphatic hydroxyl groups is 1. The summed E-state index contributed by atoms with van der Waals surface area (Å²) in [5.41, 5.74) is 1.95. The highest BCUT2D eigenvalue weighted by molar-refractivity contribution is 7.99. The number of para-hydroxylation sites is 1. The van der Waals surface area contributed by atoms with Crippen molar-refractivity contribution < 1.29 is 9.84 Å². The summed E-state index contributed by atoms with van der Waals surface area (Å²) in [6.07, 6.45) is -0.683. The molecule has 3 aromatic rings. The van der Waals surface area contributed by atoms with Gasteiger partial charge in [-0.2, -0.15) is 0 Å². The monoisotopic (exact) mass is 388 g/mol. The Kier molecular flexibility index (Phi) is 6.48. The van der Waals surface area contributed by atoms with E-state index < -0.39 is 6.10 Å². The fourth-order valence-corrected chi connectivity index (χ4v) is 3.67. The number of fused-ring (bicyclic) bond motifs is 1. The van der Waals surface area contributed by atoms with Crippen LogP contribution >= 0.6 is 23.4 Å². The van der Waals surface area contributed by atoms with Crippen LogP contribution in [0.4, 0.5) is 0 Å². The lowest BCUT2D eigenvalue weighted by Crippen LogP contribution is -2.19. The van der Waals surface area contributed by atoms with Gasteiger partial charge in [-0.3, -0.25) is 0 Å². The Balaban J connectivity index is 1.56. The summed E-state index contributed by atoms with van der Waals surface area (Å²) in [4.78, 5) is 8.95. The molecular formula is C20H21ClN2O2S. The third-order valence-electron chi connectivity index (χ3n) is 3.97. The van der Waals surface area contributed by atoms with E-state index in [1.165, 1.54) is 11.8 Å². The van der Waals surface area contributed by atoms with Gasteiger partial charge in [0.2, 0.25) is 0 Å². The maximum atomic E-state index is 10.3. The van der Waals surface area contributed by atoms with Crippen molar-refractivity contribution in [1.82, 2.24) is 9.97 Å². The molecule has 0 aliphatic carbocycles. The van der Waals surface area contributed by atoms with E-state index in [-0.39, 0.29) is 12.7 Å². The van der Waals surface area contributed by atoms with E-state index in [1.54, 1.807) is 0 Å². The number of thioether (sulfide) groups is 1. The van der Waals surface area contributed by atoms with Crippen LogP contribution in [0.3, 0.4) is 0 Å². The average Bonchev–Trinajstić information content (AvgIpc) is 2.64. The first-order valence-electron chi connectivity index (χ1n) is 8.44. The molecule has 0 aliphatic heterocycles. The van der Waals surface area contributed by atoms with Crippen LogP contribution in [0, 0.1) is 6.92 Å². The molecule has 0 bridgehead atoms. The molecule has 0 amide bonds. The predicted octanol–water partition coefficient (Wildman–Crippen LogP) is 4.82. The molecule has 2 aromatic carbocycles. The highest BCUT2D eigenvalue weighted by Gasteiger charge is 2.13. The van der Waals surface area contributed by atoms with E-state index in [9.17, 15) is 5.11 Å². The summed E-state index contributed by atoms with van der Waals surface area (Å²) in [6, 6.07) is 15.5. The maximum absolute atomic E-state index is 10.3. The van der Waals surface area contributed by atoms with Crippen LogP contribution in [0.2, 0.25) is 5.02 Å². The van der Waals surface area contributed by atoms with Crippen molar-refractivity contribution in [2.45, 2.75) is 31.1 Å². The first kappa shape index (κ1) is 19.1. The van der Waals surface area contributed by atoms with E-state index in [0.29, 0.717) is 10.8 Å². The maximum Gasteiger partial charge on any atom is 0.127 e. The minimum absolute atomic E-state index is 0.103. The summed E-state index contributed by atoms with van der Waals surface area (Å²) in [5.74, 6) is 1.24. The zero-order valence-corrected chi connectivity index (χ0v) is 16.3. The summed E-state index contributed by atoms with van der Waals surface area (Å²) in [5, 5.41) is 12.9. The molecule has 4 nitrogen and oxygen atoms in total. The lowest BCUT2D eigenvalue weighted by molar-refractivity contribution is 0.00622. The number of hydrogen-bond donors (Lipinski definition) is 1. The zero-order chi connectivity index (χ0) is 18.5. The van der Waals surface area contributed by atoms with Gasteiger partial charge in [0.1, 0.15) is 10.9 Å². The van der Waals surface area contributed by atoms with Crippen molar-refractivity contribution in [2.24, 2.45) is 0 Å². The molecule has 2 atom stereocenters. The van der Waals surface area contributed by atoms with Gasteiger partial charge in [-0.1, -0.05) is 41.9 Å². The van der Waals surface area contributed by atoms with Gasteiger partial charge in [0, 0.05) is 16.2 Å². The van der Waals surface area contributed by atoms with Crippen molar-refractivity contribution in [2.75, 3.05) is 12.4 Å². The van der Waals surface area contributed by atoms with Crippen molar-refractivity contribution in [3.05, 3.63) is 64.9 Å². The lowest BCUT2D eigenvalue weighted by atomic mass is 10.1. The second-order valence-corrected chi connectivity index (χ2v) is 7.53. The van der Waals surface area contributed by atoms with Crippen LogP contribution in [-0.2, 0) is 4.74 Å². The van der Waals surface area contributed by atoms with Crippen molar-refractivity contribution in [1.29, 1.82) is 0 Å². The molecular weight excluding hydrogens is 368 g/mol. The molecule has 0 aliphatic rings. The van der Waals surface area contributed by atoms with Crippen LogP contribution in [-0.4, -0.2) is 33.5 Å². The topological polar surface area (TPSA) is 55.2 Å². The van der Waals surface area contributed by atoms with E-state index >= 15 is 0 Å². The molecule has 1 aromatic heterocycles. The molecule has 3 rings (SSSR count). The Morgan fingerprint density at radius 1 is 1.12 bits per heavy atom. The van der Waals surface area contributed by atoms with Gasteiger partial charge in [0.05, 0.1) is 24.3 Å². The number of nitrogens with zero attached hydrogens (tertiary/aromatic N) is 2. The van der Waals surface area contributed by atoms with Crippen LogP contribution in [0.25, 0.3) is 10.9 Å². The zero-order valence-electron chi connectivity index (χ0n) is 14.7. The average molecular weight is 389 g/mol. The SMILES string of the molecule is Cc1nc(SC[C@@H](O)CO[C@H](C)c2ccc(Cl)cc2)c2ccccc2n1. The van der Waals surface area contributed by atoms with Gasteiger partial charge < -0.3 is 9.84 Å². The lowest BCUT2D eigenvalue weighted by Gasteiger charge is -2.17. The molecule has 1 N–H and O–H groups in total. The Morgan fingerprint density at radius 3 is 2.62 bits per heavy atom. The molecule has 136 valence electrons. The van der Waals surface area contributed by atoms with Gasteiger partial charge in [-0.25, -0.2) is 9.97 Å². The normalized spacial score (nSPS) is 13.7. The molecule has 1 heterocycles. The van der Waals surface area contributed by atoms with Gasteiger partial charge in [0.15, 0.2) is 0 Å². The summed E-state index contributed by atoms with van der Waals surface area (Å²) < 4.78 is 5.79. The predicted molar refractivity (Wildman–Crippen MR) is 107 cm³/mol. The van der Waals surface area contributed by atoms with Gasteiger partial charge >= 0.3 is 0 Å². The van der Waals surface area contributed by atoms with Crippen LogP contribution in [0.5, 0.6) is 0 Å². The molecule has 0 fully saturated rings. The largest absolute Gasteiger partial charge is 0.390 e. The van der Waals surface area contributed by atoms with Gasteiger partial charge in [-0.05, 0) is 37.6 Å². The van der Waals surface area contributed by atoms with Crippen molar-refractivity contribution in [3.8, 4) is 0 Å². The standard InChI is InChI=1S/C20H21ClN2O2S/c1-13(15-7-9-16(21)10-8-15)25-11-17(24)12-26-20-18-5-3-4-6-19(18)22-14(2)23-20/h3-10,13,17,24H,11-12H2,1-2H3/t13-,17+/m1/s1. The fraction of sp³-hybridized carbons (Fsp3) is 0.300. The minimum Gasteiger partial charge on any atom is -0.390 e. The van der Waals surface area contributed by atoms with E-state index in [0.717, 1.165) is 27.3 Å². The van der Waals surface area contributed by atoms with Crippen molar-refractivity contribution >= 4 is 34.3 Å². The Hall–Kier alpha value is -1.66. The second-order valence-electron chi connectivity index (χ2n) is 6.09. The van der Waals surface area contributed by atoms with E-state index in [4.69, 9.17) is 16.3 Å². The highest BCUT2D eigenvalue weighted by atomic mass is 35.5. The minimum atomic E-state index is -0.580. The van der Waals surface area contributed by atoms with Crippen LogP contribution < -0.4 is 0 Å². The third-order valence-corrected chi connectivity index (χ3v) is 5.36. The van der Waals surface area contributed by atoms with Gasteiger partial charge in [-0.15, -0.1) is 11.8 Å². The number of aromatic nitrogens is 2. The molecule has 0 spiro atoms. The second kappa shape index (κ2) is 8.82. The fourth-order valence-electron chi connectivity index (χ4n) is 2.58. The van der Waals surface area contributed by atoms with Crippen LogP contribution in [0.1, 0.15) is 24.4 Å². The molecule has 6 heteroatoms. The summed E-state index contributed by atoms with van der Waals surface area (Å²) >= 11 is 7.42. The Labute approximate surface area is 162 Å². The number of benzene rings is 2.